The molecule has 3 N–H and O–H groups in total. The average molecular weight is 571 g/mol. The van der Waals surface area contributed by atoms with E-state index in [0.29, 0.717) is 56.1 Å². The Hall–Kier alpha value is -4.07. The number of piperazine rings is 1. The quantitative estimate of drug-likeness (QED) is 0.387. The molecule has 1 aliphatic heterocycles. The summed E-state index contributed by atoms with van der Waals surface area (Å²) in [4.78, 5) is 50.4. The van der Waals surface area contributed by atoms with Gasteiger partial charge in [0.2, 0.25) is 0 Å². The van der Waals surface area contributed by atoms with Gasteiger partial charge in [0, 0.05) is 63.2 Å². The van der Waals surface area contributed by atoms with Crippen molar-refractivity contribution in [3.8, 4) is 5.75 Å². The Balaban J connectivity index is 0.000000611. The lowest BCUT2D eigenvalue weighted by molar-refractivity contribution is -0.153. The van der Waals surface area contributed by atoms with Crippen LogP contribution in [0.5, 0.6) is 5.75 Å². The van der Waals surface area contributed by atoms with Crippen LogP contribution in [0.2, 0.25) is 0 Å². The van der Waals surface area contributed by atoms with Gasteiger partial charge in [-0.1, -0.05) is 26.0 Å². The second-order valence-electron chi connectivity index (χ2n) is 9.98. The van der Waals surface area contributed by atoms with Crippen LogP contribution in [0.4, 0.5) is 18.9 Å². The summed E-state index contributed by atoms with van der Waals surface area (Å²) < 4.78 is 43.9. The van der Waals surface area contributed by atoms with Gasteiger partial charge in [-0.25, -0.2) is 14.4 Å². The van der Waals surface area contributed by atoms with Crippen molar-refractivity contribution in [2.24, 2.45) is 5.41 Å². The van der Waals surface area contributed by atoms with E-state index in [0.717, 1.165) is 0 Å². The van der Waals surface area contributed by atoms with E-state index in [9.17, 15) is 32.3 Å². The number of nitrogens with zero attached hydrogens (tertiary/aromatic N) is 3. The monoisotopic (exact) mass is 570 g/mol. The molecule has 220 valence electrons. The molecule has 0 aliphatic carbocycles. The number of H-pyrrole nitrogens is 1. The van der Waals surface area contributed by atoms with Gasteiger partial charge in [-0.05, 0) is 24.5 Å². The van der Waals surface area contributed by atoms with Gasteiger partial charge in [0.05, 0.1) is 5.69 Å². The lowest BCUT2D eigenvalue weighted by Gasteiger charge is -2.40. The topological polar surface area (TPSA) is 145 Å². The van der Waals surface area contributed by atoms with Gasteiger partial charge in [0.15, 0.2) is 6.61 Å². The number of aromatic nitrogens is 2. The molecule has 1 aromatic heterocycles. The van der Waals surface area contributed by atoms with Crippen molar-refractivity contribution in [3.63, 3.8) is 0 Å². The van der Waals surface area contributed by atoms with Crippen LogP contribution in [-0.2, 0) is 16.1 Å². The first-order valence-electron chi connectivity index (χ1n) is 12.3. The molecule has 0 atom stereocenters. The summed E-state index contributed by atoms with van der Waals surface area (Å²) in [7, 11) is 0. The van der Waals surface area contributed by atoms with Crippen molar-refractivity contribution in [1.29, 1.82) is 0 Å². The van der Waals surface area contributed by atoms with E-state index < -0.39 is 30.4 Å². The molecule has 0 amide bonds. The maximum Gasteiger partial charge on any atom is 0.422 e. The van der Waals surface area contributed by atoms with Crippen LogP contribution in [0, 0.1) is 12.3 Å². The van der Waals surface area contributed by atoms with Crippen LogP contribution in [0.3, 0.4) is 0 Å². The second-order valence-corrected chi connectivity index (χ2v) is 9.98. The number of carboxylic acids is 2. The van der Waals surface area contributed by atoms with Crippen LogP contribution < -0.4 is 20.9 Å². The minimum Gasteiger partial charge on any atom is -0.482 e. The van der Waals surface area contributed by atoms with E-state index in [2.05, 4.69) is 9.88 Å². The summed E-state index contributed by atoms with van der Waals surface area (Å²) in [6.45, 7) is 7.99. The predicted octanol–water partition coefficient (Wildman–Crippen LogP) is 2.35. The minimum absolute atomic E-state index is 0.219. The molecule has 14 heteroatoms. The zero-order valence-corrected chi connectivity index (χ0v) is 22.4. The molecule has 1 fully saturated rings. The van der Waals surface area contributed by atoms with Crippen molar-refractivity contribution in [2.45, 2.75) is 33.5 Å². The third-order valence-electron chi connectivity index (χ3n) is 5.82. The molecule has 2 aromatic rings. The fourth-order valence-electron chi connectivity index (χ4n) is 4.13. The molecule has 2 heterocycles. The smallest absolute Gasteiger partial charge is 0.422 e. The van der Waals surface area contributed by atoms with Crippen LogP contribution in [0.25, 0.3) is 0 Å². The number of anilines is 1. The summed E-state index contributed by atoms with van der Waals surface area (Å²) in [5.41, 5.74) is 0.0885. The van der Waals surface area contributed by atoms with Gasteiger partial charge in [0.25, 0.3) is 5.56 Å². The van der Waals surface area contributed by atoms with Crippen molar-refractivity contribution < 1.29 is 37.7 Å². The maximum atomic E-state index is 12.6. The number of aromatic amines is 1. The zero-order valence-electron chi connectivity index (χ0n) is 22.4. The van der Waals surface area contributed by atoms with Crippen molar-refractivity contribution in [3.05, 3.63) is 69.0 Å². The summed E-state index contributed by atoms with van der Waals surface area (Å²) in [6, 6.07) is 6.75. The van der Waals surface area contributed by atoms with Crippen LogP contribution in [0.15, 0.2) is 52.2 Å². The molecule has 0 spiro atoms. The number of hydrogen-bond donors (Lipinski definition) is 3. The van der Waals surface area contributed by atoms with E-state index in [1.165, 1.54) is 10.8 Å². The van der Waals surface area contributed by atoms with E-state index in [4.69, 9.17) is 14.9 Å². The number of nitrogens with one attached hydrogen (secondary N) is 1. The maximum absolute atomic E-state index is 12.6. The molecule has 1 saturated heterocycles. The van der Waals surface area contributed by atoms with Gasteiger partial charge in [-0.15, -0.1) is 0 Å². The lowest BCUT2D eigenvalue weighted by Crippen LogP contribution is -2.51. The molecular formula is C26H33F3N4O7. The third kappa shape index (κ3) is 10.6. The number of ether oxygens (including phenoxy) is 1. The van der Waals surface area contributed by atoms with Gasteiger partial charge < -0.3 is 24.8 Å². The number of halogens is 3. The normalized spacial score (nSPS) is 14.5. The van der Waals surface area contributed by atoms with E-state index in [1.54, 1.807) is 31.2 Å². The highest BCUT2D eigenvalue weighted by Crippen LogP contribution is 2.31. The number of benzene rings is 1. The van der Waals surface area contributed by atoms with Crippen LogP contribution in [-0.4, -0.2) is 82.1 Å². The van der Waals surface area contributed by atoms with E-state index >= 15 is 0 Å². The highest BCUT2D eigenvalue weighted by molar-refractivity contribution is 5.89. The molecule has 1 aromatic carbocycles. The Morgan fingerprint density at radius 3 is 2.12 bits per heavy atom. The number of hydrogen-bond acceptors (Lipinski definition) is 7. The van der Waals surface area contributed by atoms with Crippen molar-refractivity contribution in [1.82, 2.24) is 14.5 Å². The molecular weight excluding hydrogens is 537 g/mol. The number of aryl methyl sites for hydroxylation is 1. The standard InChI is InChI=1S/C22H29F3N4O3.C4H4O4/c1-16-12-26-20(31)29(19(16)30)14-21(2,3)13-27-8-10-28(11-9-27)17-6-4-5-7-18(17)32-15-22(23,24)25;5-3(6)1-2-4(7)8/h4-7,12H,8-11,13-15H2,1-3H3,(H,26,31);1-2H,(H,5,6)(H,7,8)/b;2-1+. The summed E-state index contributed by atoms with van der Waals surface area (Å²) in [6.07, 6.45) is -1.85. The Labute approximate surface area is 228 Å². The minimum atomic E-state index is -4.39. The molecule has 1 aliphatic rings. The largest absolute Gasteiger partial charge is 0.482 e. The Kier molecular flexibility index (Phi) is 11.1. The van der Waals surface area contributed by atoms with Crippen LogP contribution in [0.1, 0.15) is 19.4 Å². The molecule has 11 nitrogen and oxygen atoms in total. The first kappa shape index (κ1) is 32.1. The number of aliphatic carboxylic acids is 2. The summed E-state index contributed by atoms with van der Waals surface area (Å²) in [5.74, 6) is -2.29. The molecule has 0 saturated carbocycles. The Bertz CT molecular complexity index is 1290. The predicted molar refractivity (Wildman–Crippen MR) is 141 cm³/mol. The van der Waals surface area contributed by atoms with Gasteiger partial charge in [-0.2, -0.15) is 13.2 Å². The second kappa shape index (κ2) is 13.8. The number of alkyl halides is 3. The molecule has 0 radical (unpaired) electrons. The van der Waals surface area contributed by atoms with Gasteiger partial charge >= 0.3 is 23.8 Å². The highest BCUT2D eigenvalue weighted by atomic mass is 19.4. The molecule has 40 heavy (non-hydrogen) atoms. The average Bonchev–Trinajstić information content (AvgIpc) is 2.87. The number of carbonyl (C=O) groups is 2. The number of carboxylic acid groups (broad SMARTS) is 2. The first-order chi connectivity index (χ1) is 18.6. The number of rotatable bonds is 9. The zero-order chi connectivity index (χ0) is 30.1. The fourth-order valence-corrected chi connectivity index (χ4v) is 4.13. The highest BCUT2D eigenvalue weighted by Gasteiger charge is 2.30. The van der Waals surface area contributed by atoms with E-state index in [-0.39, 0.29) is 23.3 Å². The summed E-state index contributed by atoms with van der Waals surface area (Å²) >= 11 is 0. The number of para-hydroxylation sites is 2. The molecule has 0 bridgehead atoms. The van der Waals surface area contributed by atoms with Crippen LogP contribution >= 0.6 is 0 Å². The van der Waals surface area contributed by atoms with E-state index in [1.807, 2.05) is 18.7 Å². The van der Waals surface area contributed by atoms with Gasteiger partial charge in [-0.3, -0.25) is 14.3 Å². The first-order valence-corrected chi connectivity index (χ1v) is 12.3. The Morgan fingerprint density at radius 1 is 1.00 bits per heavy atom. The molecule has 3 rings (SSSR count). The Morgan fingerprint density at radius 2 is 1.57 bits per heavy atom. The SMILES string of the molecule is Cc1c[nH]c(=O)n(CC(C)(C)CN2CCN(c3ccccc3OCC(F)(F)F)CC2)c1=O.O=C(O)/C=C/C(=O)O. The lowest BCUT2D eigenvalue weighted by atomic mass is 9.92. The summed E-state index contributed by atoms with van der Waals surface area (Å²) in [5, 5.41) is 15.6. The third-order valence-corrected chi connectivity index (χ3v) is 5.82. The van der Waals surface area contributed by atoms with Crippen molar-refractivity contribution >= 4 is 17.6 Å². The molecule has 0 unspecified atom stereocenters. The fraction of sp³-hybridized carbons (Fsp3) is 0.462. The van der Waals surface area contributed by atoms with Gasteiger partial charge in [0.1, 0.15) is 5.75 Å². The van der Waals surface area contributed by atoms with Crippen molar-refractivity contribution in [2.75, 3.05) is 44.2 Å².